The molecule has 0 spiro atoms. The zero-order valence-electron chi connectivity index (χ0n) is 9.28. The van der Waals surface area contributed by atoms with Gasteiger partial charge in [-0.2, -0.15) is 0 Å². The molecule has 1 amide bonds. The maximum Gasteiger partial charge on any atom is 0.326 e. The second-order valence-electron chi connectivity index (χ2n) is 3.26. The molecule has 0 radical (unpaired) electrons. The highest BCUT2D eigenvalue weighted by atomic mass is 16.2. The van der Waals surface area contributed by atoms with Crippen molar-refractivity contribution in [3.63, 3.8) is 0 Å². The third kappa shape index (κ3) is 5.17. The first-order valence-electron chi connectivity index (χ1n) is 5.10. The molecule has 0 fully saturated rings. The van der Waals surface area contributed by atoms with Gasteiger partial charge in [0.15, 0.2) is 0 Å². The van der Waals surface area contributed by atoms with Crippen molar-refractivity contribution in [2.24, 2.45) is 0 Å². The number of hydrogen-bond acceptors (Lipinski definition) is 3. The molecule has 0 aromatic carbocycles. The first kappa shape index (κ1) is 13.6. The number of nitrogens with one attached hydrogen (secondary N) is 1. The fraction of sp³-hybridized carbons (Fsp3) is 0.600. The first-order chi connectivity index (χ1) is 6.84. The topological polar surface area (TPSA) is 81.9 Å². The number of hydrogen-bond donors (Lipinski definition) is 2. The van der Waals surface area contributed by atoms with Crippen molar-refractivity contribution >= 4 is 6.03 Å². The molecule has 1 aromatic rings. The van der Waals surface area contributed by atoms with Crippen LogP contribution < -0.4 is 11.5 Å². The number of carbonyl (C=O) groups is 1. The lowest BCUT2D eigenvalue weighted by atomic mass is 10.2. The van der Waals surface area contributed by atoms with Crippen LogP contribution in [0.2, 0.25) is 0 Å². The van der Waals surface area contributed by atoms with Crippen molar-refractivity contribution in [1.29, 1.82) is 0 Å². The van der Waals surface area contributed by atoms with Crippen molar-refractivity contribution in [1.82, 2.24) is 21.0 Å². The molecule has 4 N–H and O–H groups in total. The molecule has 5 heteroatoms. The molecule has 1 aromatic heterocycles. The number of amides is 1. The second-order valence-corrected chi connectivity index (χ2v) is 3.26. The molecule has 0 saturated heterocycles. The highest BCUT2D eigenvalue weighted by Gasteiger charge is 2.00. The number of carbonyl (C=O) groups excluding carboxylic acids is 1. The van der Waals surface area contributed by atoms with E-state index in [9.17, 15) is 4.79 Å². The van der Waals surface area contributed by atoms with E-state index in [0.717, 1.165) is 13.0 Å². The number of unbranched alkanes of at least 4 members (excludes halogenated alkanes) is 3. The molecule has 0 aliphatic rings. The standard InChI is InChI=1S/C10H17N3O.H3N/c1-2-3-4-5-6-12-10(14)13-8-7-11-9-13;/h7-9H,2-6H2,1H3,(H,12,14);1H3. The summed E-state index contributed by atoms with van der Waals surface area (Å²) in [4.78, 5) is 15.2. The Hall–Kier alpha value is -1.36. The summed E-state index contributed by atoms with van der Waals surface area (Å²) >= 11 is 0. The van der Waals surface area contributed by atoms with E-state index in [2.05, 4.69) is 17.2 Å². The van der Waals surface area contributed by atoms with E-state index in [1.807, 2.05) is 0 Å². The van der Waals surface area contributed by atoms with Crippen LogP contribution in [-0.2, 0) is 0 Å². The largest absolute Gasteiger partial charge is 0.344 e. The van der Waals surface area contributed by atoms with Gasteiger partial charge in [0, 0.05) is 18.9 Å². The summed E-state index contributed by atoms with van der Waals surface area (Å²) < 4.78 is 1.44. The van der Waals surface area contributed by atoms with E-state index >= 15 is 0 Å². The van der Waals surface area contributed by atoms with E-state index in [0.29, 0.717) is 0 Å². The summed E-state index contributed by atoms with van der Waals surface area (Å²) in [5.74, 6) is 0. The number of aromatic nitrogens is 2. The molecule has 0 aliphatic heterocycles. The van der Waals surface area contributed by atoms with Crippen LogP contribution in [0.15, 0.2) is 18.7 Å². The molecule has 0 aliphatic carbocycles. The molecule has 0 saturated carbocycles. The van der Waals surface area contributed by atoms with Crippen LogP contribution >= 0.6 is 0 Å². The Morgan fingerprint density at radius 3 is 2.80 bits per heavy atom. The molecule has 1 heterocycles. The minimum atomic E-state index is -0.0981. The van der Waals surface area contributed by atoms with Crippen molar-refractivity contribution in [3.05, 3.63) is 18.7 Å². The van der Waals surface area contributed by atoms with Crippen molar-refractivity contribution in [2.75, 3.05) is 6.54 Å². The first-order valence-corrected chi connectivity index (χ1v) is 5.10. The van der Waals surface area contributed by atoms with Crippen molar-refractivity contribution in [3.8, 4) is 0 Å². The van der Waals surface area contributed by atoms with Gasteiger partial charge in [-0.05, 0) is 6.42 Å². The van der Waals surface area contributed by atoms with Gasteiger partial charge in [0.25, 0.3) is 0 Å². The molecule has 86 valence electrons. The SMILES string of the molecule is CCCCCCNC(=O)n1ccnc1.N. The van der Waals surface area contributed by atoms with Gasteiger partial charge >= 0.3 is 6.03 Å². The number of imidazole rings is 1. The van der Waals surface area contributed by atoms with Crippen LogP contribution in [0.25, 0.3) is 0 Å². The average molecular weight is 212 g/mol. The molecule has 15 heavy (non-hydrogen) atoms. The van der Waals surface area contributed by atoms with Gasteiger partial charge in [-0.25, -0.2) is 9.78 Å². The molecule has 0 unspecified atom stereocenters. The molecule has 5 nitrogen and oxygen atoms in total. The third-order valence-electron chi connectivity index (χ3n) is 2.05. The quantitative estimate of drug-likeness (QED) is 0.734. The van der Waals surface area contributed by atoms with Gasteiger partial charge < -0.3 is 11.5 Å². The van der Waals surface area contributed by atoms with Crippen LogP contribution in [0.5, 0.6) is 0 Å². The lowest BCUT2D eigenvalue weighted by molar-refractivity contribution is 0.242. The third-order valence-corrected chi connectivity index (χ3v) is 2.05. The number of nitrogens with zero attached hydrogens (tertiary/aromatic N) is 2. The van der Waals surface area contributed by atoms with Crippen LogP contribution in [-0.4, -0.2) is 22.1 Å². The van der Waals surface area contributed by atoms with Crippen LogP contribution in [0.3, 0.4) is 0 Å². The van der Waals surface area contributed by atoms with Crippen LogP contribution in [0.4, 0.5) is 4.79 Å². The van der Waals surface area contributed by atoms with Crippen LogP contribution in [0, 0.1) is 0 Å². The minimum absolute atomic E-state index is 0. The maximum atomic E-state index is 11.4. The normalized spacial score (nSPS) is 9.40. The Balaban J connectivity index is 0.00000196. The molecule has 1 rings (SSSR count). The van der Waals surface area contributed by atoms with Crippen LogP contribution in [0.1, 0.15) is 32.6 Å². The predicted octanol–water partition coefficient (Wildman–Crippen LogP) is 2.18. The van der Waals surface area contributed by atoms with E-state index < -0.39 is 0 Å². The lowest BCUT2D eigenvalue weighted by Gasteiger charge is -2.04. The predicted molar refractivity (Wildman–Crippen MR) is 60.2 cm³/mol. The summed E-state index contributed by atoms with van der Waals surface area (Å²) in [7, 11) is 0. The van der Waals surface area contributed by atoms with E-state index in [-0.39, 0.29) is 12.2 Å². The average Bonchev–Trinajstić information content (AvgIpc) is 2.70. The molecular weight excluding hydrogens is 192 g/mol. The van der Waals surface area contributed by atoms with Gasteiger partial charge in [0.1, 0.15) is 6.33 Å². The van der Waals surface area contributed by atoms with E-state index in [1.165, 1.54) is 30.2 Å². The summed E-state index contributed by atoms with van der Waals surface area (Å²) in [5.41, 5.74) is 0. The minimum Gasteiger partial charge on any atom is -0.344 e. The lowest BCUT2D eigenvalue weighted by Crippen LogP contribution is -2.28. The Labute approximate surface area is 90.5 Å². The van der Waals surface area contributed by atoms with Gasteiger partial charge in [0.05, 0.1) is 0 Å². The van der Waals surface area contributed by atoms with E-state index in [4.69, 9.17) is 0 Å². The highest BCUT2D eigenvalue weighted by molar-refractivity contribution is 5.76. The Morgan fingerprint density at radius 1 is 1.40 bits per heavy atom. The van der Waals surface area contributed by atoms with Gasteiger partial charge in [-0.3, -0.25) is 4.57 Å². The fourth-order valence-corrected chi connectivity index (χ4v) is 1.22. The van der Waals surface area contributed by atoms with Gasteiger partial charge in [-0.15, -0.1) is 0 Å². The zero-order valence-corrected chi connectivity index (χ0v) is 9.28. The maximum absolute atomic E-state index is 11.4. The van der Waals surface area contributed by atoms with E-state index in [1.54, 1.807) is 12.4 Å². The number of rotatable bonds is 5. The van der Waals surface area contributed by atoms with Gasteiger partial charge in [-0.1, -0.05) is 26.2 Å². The Bertz CT molecular complexity index is 258. The van der Waals surface area contributed by atoms with Crippen molar-refractivity contribution < 1.29 is 4.79 Å². The monoisotopic (exact) mass is 212 g/mol. The summed E-state index contributed by atoms with van der Waals surface area (Å²) in [6, 6.07) is -0.0981. The summed E-state index contributed by atoms with van der Waals surface area (Å²) in [6.07, 6.45) is 9.42. The summed E-state index contributed by atoms with van der Waals surface area (Å²) in [5, 5.41) is 2.83. The molecular formula is C10H20N4O. The Morgan fingerprint density at radius 2 is 2.20 bits per heavy atom. The summed E-state index contributed by atoms with van der Waals surface area (Å²) in [6.45, 7) is 2.92. The zero-order chi connectivity index (χ0) is 10.2. The van der Waals surface area contributed by atoms with Crippen molar-refractivity contribution in [2.45, 2.75) is 32.6 Å². The van der Waals surface area contributed by atoms with Gasteiger partial charge in [0.2, 0.25) is 0 Å². The smallest absolute Gasteiger partial charge is 0.326 e. The molecule has 0 atom stereocenters. The fourth-order valence-electron chi connectivity index (χ4n) is 1.22. The molecule has 0 bridgehead atoms. The Kier molecular flexibility index (Phi) is 7.27. The highest BCUT2D eigenvalue weighted by Crippen LogP contribution is 1.97. The second kappa shape index (κ2) is 7.99.